The highest BCUT2D eigenvalue weighted by Crippen LogP contribution is 2.10. The maximum Gasteiger partial charge on any atom is 0.323 e. The molecule has 0 saturated carbocycles. The van der Waals surface area contributed by atoms with Crippen LogP contribution in [-0.4, -0.2) is 29.6 Å². The summed E-state index contributed by atoms with van der Waals surface area (Å²) >= 11 is 0. The third-order valence-electron chi connectivity index (χ3n) is 2.10. The molecule has 0 aliphatic carbocycles. The maximum absolute atomic E-state index is 11.2. The second-order valence-corrected chi connectivity index (χ2v) is 3.81. The Labute approximate surface area is 110 Å². The van der Waals surface area contributed by atoms with E-state index in [2.05, 4.69) is 16.0 Å². The highest BCUT2D eigenvalue weighted by atomic mass is 16.4. The van der Waals surface area contributed by atoms with Gasteiger partial charge < -0.3 is 21.1 Å². The van der Waals surface area contributed by atoms with Gasteiger partial charge >= 0.3 is 12.0 Å². The summed E-state index contributed by atoms with van der Waals surface area (Å²) in [5, 5.41) is 15.7. The highest BCUT2D eigenvalue weighted by molar-refractivity contribution is 5.88. The van der Waals surface area contributed by atoms with Crippen molar-refractivity contribution in [2.75, 3.05) is 11.9 Å². The van der Waals surface area contributed by atoms with Crippen LogP contribution in [0.25, 0.3) is 0 Å². The number of hydrogen-bond donors (Lipinski definition) is 4. The zero-order chi connectivity index (χ0) is 14.3. The molecule has 0 atom stereocenters. The van der Waals surface area contributed by atoms with Crippen molar-refractivity contribution in [3.8, 4) is 0 Å². The molecule has 1 aromatic carbocycles. The molecule has 0 aromatic heterocycles. The molecule has 0 spiro atoms. The van der Waals surface area contributed by atoms with Gasteiger partial charge in [0.1, 0.15) is 6.54 Å². The minimum absolute atomic E-state index is 0.177. The number of benzene rings is 1. The molecule has 0 bridgehead atoms. The van der Waals surface area contributed by atoms with Crippen LogP contribution in [-0.2, 0) is 16.1 Å². The van der Waals surface area contributed by atoms with E-state index in [1.807, 2.05) is 0 Å². The number of nitrogens with one attached hydrogen (secondary N) is 3. The minimum Gasteiger partial charge on any atom is -0.480 e. The van der Waals surface area contributed by atoms with Gasteiger partial charge in [-0.3, -0.25) is 9.59 Å². The van der Waals surface area contributed by atoms with Gasteiger partial charge in [-0.2, -0.15) is 0 Å². The number of rotatable bonds is 5. The molecular formula is C12H15N3O4. The molecule has 3 amide bonds. The van der Waals surface area contributed by atoms with Crippen molar-refractivity contribution in [2.24, 2.45) is 0 Å². The van der Waals surface area contributed by atoms with Crippen LogP contribution in [0.3, 0.4) is 0 Å². The van der Waals surface area contributed by atoms with Gasteiger partial charge in [-0.05, 0) is 17.7 Å². The molecule has 102 valence electrons. The second kappa shape index (κ2) is 7.00. The molecule has 7 nitrogen and oxygen atoms in total. The Morgan fingerprint density at radius 3 is 2.58 bits per heavy atom. The van der Waals surface area contributed by atoms with E-state index in [1.54, 1.807) is 24.3 Å². The van der Waals surface area contributed by atoms with Crippen molar-refractivity contribution in [3.63, 3.8) is 0 Å². The first kappa shape index (κ1) is 14.5. The molecule has 19 heavy (non-hydrogen) atoms. The van der Waals surface area contributed by atoms with E-state index in [1.165, 1.54) is 6.92 Å². The van der Waals surface area contributed by atoms with E-state index < -0.39 is 18.5 Å². The van der Waals surface area contributed by atoms with Gasteiger partial charge in [-0.25, -0.2) is 4.79 Å². The van der Waals surface area contributed by atoms with Gasteiger partial charge in [0, 0.05) is 19.2 Å². The van der Waals surface area contributed by atoms with Crippen LogP contribution in [0.4, 0.5) is 10.5 Å². The van der Waals surface area contributed by atoms with Crippen molar-refractivity contribution in [1.29, 1.82) is 0 Å². The van der Waals surface area contributed by atoms with E-state index in [0.29, 0.717) is 5.69 Å². The molecule has 4 N–H and O–H groups in total. The Morgan fingerprint density at radius 2 is 1.95 bits per heavy atom. The fourth-order valence-electron chi connectivity index (χ4n) is 1.36. The quantitative estimate of drug-likeness (QED) is 0.622. The van der Waals surface area contributed by atoms with Gasteiger partial charge in [-0.1, -0.05) is 12.1 Å². The van der Waals surface area contributed by atoms with Gasteiger partial charge in [0.25, 0.3) is 0 Å². The first-order valence-electron chi connectivity index (χ1n) is 5.57. The van der Waals surface area contributed by atoms with Gasteiger partial charge in [0.15, 0.2) is 0 Å². The van der Waals surface area contributed by atoms with Gasteiger partial charge in [0.05, 0.1) is 0 Å². The molecule has 1 rings (SSSR count). The molecular weight excluding hydrogens is 250 g/mol. The molecule has 0 unspecified atom stereocenters. The summed E-state index contributed by atoms with van der Waals surface area (Å²) in [5.41, 5.74) is 1.43. The number of carbonyl (C=O) groups is 3. The number of aliphatic carboxylic acids is 1. The summed E-state index contributed by atoms with van der Waals surface area (Å²) in [7, 11) is 0. The van der Waals surface area contributed by atoms with E-state index in [0.717, 1.165) is 5.56 Å². The summed E-state index contributed by atoms with van der Waals surface area (Å²) in [4.78, 5) is 32.4. The fourth-order valence-corrected chi connectivity index (χ4v) is 1.36. The lowest BCUT2D eigenvalue weighted by Gasteiger charge is -2.08. The summed E-state index contributed by atoms with van der Waals surface area (Å²) in [6.45, 7) is 1.21. The highest BCUT2D eigenvalue weighted by Gasteiger charge is 2.03. The zero-order valence-electron chi connectivity index (χ0n) is 10.4. The average Bonchev–Trinajstić information content (AvgIpc) is 2.33. The molecule has 0 radical (unpaired) electrons. The predicted molar refractivity (Wildman–Crippen MR) is 68.6 cm³/mol. The van der Waals surface area contributed by atoms with Crippen LogP contribution in [0, 0.1) is 0 Å². The minimum atomic E-state index is -1.11. The Hall–Kier alpha value is -2.57. The molecule has 1 aromatic rings. The van der Waals surface area contributed by atoms with Gasteiger partial charge in [-0.15, -0.1) is 0 Å². The number of carbonyl (C=O) groups excluding carboxylic acids is 2. The summed E-state index contributed by atoms with van der Waals surface area (Å²) < 4.78 is 0. The predicted octanol–water partition coefficient (Wildman–Crippen LogP) is 0.529. The number of carboxylic acids is 1. The first-order chi connectivity index (χ1) is 8.97. The third kappa shape index (κ3) is 6.06. The number of amides is 3. The Bertz CT molecular complexity index is 488. The standard InChI is InChI=1S/C12H15N3O4/c1-8(16)15-10-4-2-3-9(5-10)6-13-12(19)14-7-11(17)18/h2-5H,6-7H2,1H3,(H,15,16)(H,17,18)(H2,13,14,19). The number of anilines is 1. The molecule has 0 aliphatic heterocycles. The van der Waals surface area contributed by atoms with E-state index in [4.69, 9.17) is 5.11 Å². The topological polar surface area (TPSA) is 108 Å². The molecule has 0 heterocycles. The third-order valence-corrected chi connectivity index (χ3v) is 2.10. The van der Waals surface area contributed by atoms with Crippen LogP contribution in [0.5, 0.6) is 0 Å². The van der Waals surface area contributed by atoms with Gasteiger partial charge in [0.2, 0.25) is 5.91 Å². The molecule has 0 fully saturated rings. The molecule has 7 heteroatoms. The van der Waals surface area contributed by atoms with Crippen molar-refractivity contribution in [1.82, 2.24) is 10.6 Å². The second-order valence-electron chi connectivity index (χ2n) is 3.81. The Morgan fingerprint density at radius 1 is 1.21 bits per heavy atom. The fraction of sp³-hybridized carbons (Fsp3) is 0.250. The molecule has 0 aliphatic rings. The average molecular weight is 265 g/mol. The zero-order valence-corrected chi connectivity index (χ0v) is 10.4. The van der Waals surface area contributed by atoms with Crippen molar-refractivity contribution in [3.05, 3.63) is 29.8 Å². The number of urea groups is 1. The Kier molecular flexibility index (Phi) is 5.34. The van der Waals surface area contributed by atoms with Crippen molar-refractivity contribution < 1.29 is 19.5 Å². The van der Waals surface area contributed by atoms with Crippen LogP contribution in [0.2, 0.25) is 0 Å². The lowest BCUT2D eigenvalue weighted by atomic mass is 10.2. The van der Waals surface area contributed by atoms with Crippen LogP contribution in [0.1, 0.15) is 12.5 Å². The number of carboxylic acid groups (broad SMARTS) is 1. The SMILES string of the molecule is CC(=O)Nc1cccc(CNC(=O)NCC(=O)O)c1. The van der Waals surface area contributed by atoms with Crippen molar-refractivity contribution in [2.45, 2.75) is 13.5 Å². The first-order valence-corrected chi connectivity index (χ1v) is 5.57. The normalized spacial score (nSPS) is 9.53. The van der Waals surface area contributed by atoms with E-state index in [-0.39, 0.29) is 12.5 Å². The summed E-state index contributed by atoms with van der Waals surface area (Å²) in [6.07, 6.45) is 0. The number of hydrogen-bond acceptors (Lipinski definition) is 3. The Balaban J connectivity index is 2.46. The lowest BCUT2D eigenvalue weighted by Crippen LogP contribution is -2.37. The summed E-state index contributed by atoms with van der Waals surface area (Å²) in [6, 6.07) is 6.42. The summed E-state index contributed by atoms with van der Waals surface area (Å²) in [5.74, 6) is -1.29. The van der Waals surface area contributed by atoms with Crippen LogP contribution < -0.4 is 16.0 Å². The molecule has 0 saturated heterocycles. The van der Waals surface area contributed by atoms with E-state index >= 15 is 0 Å². The van der Waals surface area contributed by atoms with E-state index in [9.17, 15) is 14.4 Å². The van der Waals surface area contributed by atoms with Crippen LogP contribution >= 0.6 is 0 Å². The smallest absolute Gasteiger partial charge is 0.323 e. The largest absolute Gasteiger partial charge is 0.480 e. The van der Waals surface area contributed by atoms with Crippen molar-refractivity contribution >= 4 is 23.6 Å². The lowest BCUT2D eigenvalue weighted by molar-refractivity contribution is -0.135. The maximum atomic E-state index is 11.2. The van der Waals surface area contributed by atoms with Crippen LogP contribution in [0.15, 0.2) is 24.3 Å². The monoisotopic (exact) mass is 265 g/mol.